The molecule has 0 radical (unpaired) electrons. The number of nitrogens with zero attached hydrogens (tertiary/aromatic N) is 1. The van der Waals surface area contributed by atoms with Crippen molar-refractivity contribution < 1.29 is 4.79 Å². The van der Waals surface area contributed by atoms with Crippen molar-refractivity contribution in [2.24, 2.45) is 0 Å². The highest BCUT2D eigenvalue weighted by Crippen LogP contribution is 2.15. The predicted octanol–water partition coefficient (Wildman–Crippen LogP) is 0.917. The van der Waals surface area contributed by atoms with Crippen LogP contribution in [0.2, 0.25) is 0 Å². The van der Waals surface area contributed by atoms with E-state index >= 15 is 0 Å². The Labute approximate surface area is 63.8 Å². The van der Waals surface area contributed by atoms with Gasteiger partial charge in [0.1, 0.15) is 0 Å². The van der Waals surface area contributed by atoms with Gasteiger partial charge < -0.3 is 4.90 Å². The minimum absolute atomic E-state index is 0.324. The fourth-order valence-electron chi connectivity index (χ4n) is 1.14. The van der Waals surface area contributed by atoms with Crippen molar-refractivity contribution in [3.63, 3.8) is 0 Å². The van der Waals surface area contributed by atoms with Gasteiger partial charge in [0.15, 0.2) is 0 Å². The molecular formula is C7H14NOP. The Hall–Kier alpha value is -0.100. The van der Waals surface area contributed by atoms with Gasteiger partial charge in [-0.1, -0.05) is 6.92 Å². The van der Waals surface area contributed by atoms with Gasteiger partial charge in [0.05, 0.1) is 0 Å². The van der Waals surface area contributed by atoms with Crippen molar-refractivity contribution >= 4 is 14.5 Å². The van der Waals surface area contributed by atoms with Crippen LogP contribution in [-0.2, 0) is 4.79 Å². The van der Waals surface area contributed by atoms with Gasteiger partial charge >= 0.3 is 0 Å². The number of rotatable bonds is 1. The molecule has 3 heteroatoms. The topological polar surface area (TPSA) is 20.3 Å². The van der Waals surface area contributed by atoms with Crippen molar-refractivity contribution in [1.29, 1.82) is 0 Å². The third-order valence-electron chi connectivity index (χ3n) is 1.77. The van der Waals surface area contributed by atoms with E-state index < -0.39 is 0 Å². The minimum Gasteiger partial charge on any atom is -0.342 e. The highest BCUT2D eigenvalue weighted by Gasteiger charge is 2.13. The molecule has 1 amide bonds. The molecule has 0 spiro atoms. The summed E-state index contributed by atoms with van der Waals surface area (Å²) in [5.74, 6) is 0.324. The SMILES string of the molecule is CCC(=O)N1CCPCC1. The third kappa shape index (κ3) is 1.95. The molecule has 0 bridgehead atoms. The van der Waals surface area contributed by atoms with Gasteiger partial charge in [-0.15, -0.1) is 8.58 Å². The number of carbonyl (C=O) groups is 1. The van der Waals surface area contributed by atoms with E-state index in [2.05, 4.69) is 0 Å². The van der Waals surface area contributed by atoms with Crippen LogP contribution in [0.5, 0.6) is 0 Å². The Bertz CT molecular complexity index is 121. The van der Waals surface area contributed by atoms with Crippen molar-refractivity contribution in [3.05, 3.63) is 0 Å². The van der Waals surface area contributed by atoms with Gasteiger partial charge in [-0.25, -0.2) is 0 Å². The summed E-state index contributed by atoms with van der Waals surface area (Å²) in [5, 5.41) is 0. The smallest absolute Gasteiger partial charge is 0.222 e. The molecule has 1 fully saturated rings. The maximum absolute atomic E-state index is 11.1. The molecule has 1 saturated heterocycles. The second-order valence-corrected chi connectivity index (χ2v) is 3.98. The molecule has 1 aliphatic rings. The summed E-state index contributed by atoms with van der Waals surface area (Å²) < 4.78 is 0. The Morgan fingerprint density at radius 3 is 2.60 bits per heavy atom. The molecule has 2 nitrogen and oxygen atoms in total. The van der Waals surface area contributed by atoms with E-state index in [9.17, 15) is 4.79 Å². The quantitative estimate of drug-likeness (QED) is 0.521. The Kier molecular flexibility index (Phi) is 3.14. The lowest BCUT2D eigenvalue weighted by Gasteiger charge is -2.26. The fraction of sp³-hybridized carbons (Fsp3) is 0.857. The minimum atomic E-state index is 0.324. The number of amides is 1. The van der Waals surface area contributed by atoms with E-state index in [0.29, 0.717) is 12.3 Å². The van der Waals surface area contributed by atoms with Crippen LogP contribution in [0, 0.1) is 0 Å². The maximum Gasteiger partial charge on any atom is 0.222 e. The molecular weight excluding hydrogens is 145 g/mol. The second-order valence-electron chi connectivity index (χ2n) is 2.48. The summed E-state index contributed by atoms with van der Waals surface area (Å²) in [6.07, 6.45) is 3.13. The summed E-state index contributed by atoms with van der Waals surface area (Å²) in [7, 11) is 1.09. The zero-order chi connectivity index (χ0) is 7.40. The van der Waals surface area contributed by atoms with E-state index in [4.69, 9.17) is 0 Å². The van der Waals surface area contributed by atoms with E-state index in [-0.39, 0.29) is 0 Å². The molecule has 0 aromatic heterocycles. The maximum atomic E-state index is 11.1. The van der Waals surface area contributed by atoms with E-state index in [0.717, 1.165) is 21.7 Å². The molecule has 0 N–H and O–H groups in total. The summed E-state index contributed by atoms with van der Waals surface area (Å²) in [6.45, 7) is 3.94. The van der Waals surface area contributed by atoms with Crippen LogP contribution < -0.4 is 0 Å². The van der Waals surface area contributed by atoms with Gasteiger partial charge in [-0.2, -0.15) is 0 Å². The van der Waals surface area contributed by atoms with Gasteiger partial charge in [0.25, 0.3) is 0 Å². The first-order valence-electron chi connectivity index (χ1n) is 3.83. The summed E-state index contributed by atoms with van der Waals surface area (Å²) in [4.78, 5) is 13.1. The summed E-state index contributed by atoms with van der Waals surface area (Å²) in [5.41, 5.74) is 0. The fourth-order valence-corrected chi connectivity index (χ4v) is 2.24. The second kappa shape index (κ2) is 3.92. The number of carbonyl (C=O) groups excluding carboxylic acids is 1. The van der Waals surface area contributed by atoms with Crippen LogP contribution in [0.4, 0.5) is 0 Å². The van der Waals surface area contributed by atoms with Crippen LogP contribution >= 0.6 is 8.58 Å². The highest BCUT2D eigenvalue weighted by atomic mass is 31.1. The van der Waals surface area contributed by atoms with Gasteiger partial charge in [-0.05, 0) is 12.3 Å². The van der Waals surface area contributed by atoms with Crippen molar-refractivity contribution in [1.82, 2.24) is 4.90 Å². The predicted molar refractivity (Wildman–Crippen MR) is 44.9 cm³/mol. The molecule has 0 aliphatic carbocycles. The standard InChI is InChI=1S/C7H14NOP/c1-2-7(9)8-3-5-10-6-4-8/h10H,2-6H2,1H3. The van der Waals surface area contributed by atoms with E-state index in [1.165, 1.54) is 12.3 Å². The van der Waals surface area contributed by atoms with Crippen molar-refractivity contribution in [2.45, 2.75) is 13.3 Å². The first-order valence-corrected chi connectivity index (χ1v) is 5.24. The summed E-state index contributed by atoms with van der Waals surface area (Å²) in [6, 6.07) is 0. The molecule has 1 heterocycles. The van der Waals surface area contributed by atoms with Crippen LogP contribution in [0.25, 0.3) is 0 Å². The molecule has 10 heavy (non-hydrogen) atoms. The molecule has 0 aromatic carbocycles. The van der Waals surface area contributed by atoms with Gasteiger partial charge in [0, 0.05) is 19.5 Å². The Morgan fingerprint density at radius 1 is 1.50 bits per heavy atom. The van der Waals surface area contributed by atoms with E-state index in [1.54, 1.807) is 0 Å². The summed E-state index contributed by atoms with van der Waals surface area (Å²) >= 11 is 0. The molecule has 0 atom stereocenters. The first-order chi connectivity index (χ1) is 4.84. The first kappa shape index (κ1) is 8.00. The zero-order valence-corrected chi connectivity index (χ0v) is 7.39. The average molecular weight is 159 g/mol. The molecule has 0 aromatic rings. The largest absolute Gasteiger partial charge is 0.342 e. The normalized spacial score (nSPS) is 19.1. The van der Waals surface area contributed by atoms with Gasteiger partial charge in [0.2, 0.25) is 5.91 Å². The molecule has 1 aliphatic heterocycles. The van der Waals surface area contributed by atoms with Crippen molar-refractivity contribution in [3.8, 4) is 0 Å². The molecule has 0 saturated carbocycles. The molecule has 0 unspecified atom stereocenters. The van der Waals surface area contributed by atoms with Gasteiger partial charge in [-0.3, -0.25) is 4.79 Å². The average Bonchev–Trinajstić information content (AvgIpc) is 2.05. The lowest BCUT2D eigenvalue weighted by atomic mass is 10.4. The Balaban J connectivity index is 2.31. The van der Waals surface area contributed by atoms with E-state index in [1.807, 2.05) is 11.8 Å². The highest BCUT2D eigenvalue weighted by molar-refractivity contribution is 7.38. The monoisotopic (exact) mass is 159 g/mol. The van der Waals surface area contributed by atoms with Crippen LogP contribution in [0.3, 0.4) is 0 Å². The molecule has 58 valence electrons. The Morgan fingerprint density at radius 2 is 2.10 bits per heavy atom. The number of hydrogen-bond acceptors (Lipinski definition) is 1. The third-order valence-corrected chi connectivity index (χ3v) is 2.93. The van der Waals surface area contributed by atoms with Crippen LogP contribution in [0.15, 0.2) is 0 Å². The zero-order valence-electron chi connectivity index (χ0n) is 6.39. The lowest BCUT2D eigenvalue weighted by molar-refractivity contribution is -0.130. The lowest BCUT2D eigenvalue weighted by Crippen LogP contribution is -2.36. The number of hydrogen-bond donors (Lipinski definition) is 0. The van der Waals surface area contributed by atoms with Crippen LogP contribution in [-0.4, -0.2) is 36.2 Å². The van der Waals surface area contributed by atoms with Crippen LogP contribution in [0.1, 0.15) is 13.3 Å². The van der Waals surface area contributed by atoms with Crippen molar-refractivity contribution in [2.75, 3.05) is 25.4 Å². The molecule has 1 rings (SSSR count).